The number of esters is 1. The van der Waals surface area contributed by atoms with Gasteiger partial charge in [-0.25, -0.2) is 9.69 Å². The number of rotatable bonds is 5. The summed E-state index contributed by atoms with van der Waals surface area (Å²) in [7, 11) is 0. The number of halogens is 1. The van der Waals surface area contributed by atoms with Crippen LogP contribution < -0.4 is 9.91 Å². The smallest absolute Gasteiger partial charge is 0.355 e. The van der Waals surface area contributed by atoms with Gasteiger partial charge in [0.05, 0.1) is 22.9 Å². The fourth-order valence-electron chi connectivity index (χ4n) is 3.57. The average Bonchev–Trinajstić information content (AvgIpc) is 3.26. The van der Waals surface area contributed by atoms with Gasteiger partial charge in [0.25, 0.3) is 11.6 Å². The number of anilines is 2. The third kappa shape index (κ3) is 3.46. The Morgan fingerprint density at radius 3 is 2.29 bits per heavy atom. The first-order chi connectivity index (χ1) is 14.8. The number of nitro groups is 1. The summed E-state index contributed by atoms with van der Waals surface area (Å²) < 4.78 is 5.81. The summed E-state index contributed by atoms with van der Waals surface area (Å²) in [4.78, 5) is 50.4. The maximum Gasteiger partial charge on any atom is 0.355 e. The molecule has 1 saturated heterocycles. The van der Waals surface area contributed by atoms with Crippen LogP contribution in [-0.4, -0.2) is 41.1 Å². The summed E-state index contributed by atoms with van der Waals surface area (Å²) in [5.74, 6) is -3.08. The number of nitro benzene ring substituents is 1. The molecule has 10 nitrogen and oxygen atoms in total. The van der Waals surface area contributed by atoms with Crippen LogP contribution in [0.4, 0.5) is 17.1 Å². The average molecular weight is 487 g/mol. The Bertz CT molecular complexity index is 1120. The quantitative estimate of drug-likeness (QED) is 0.275. The van der Waals surface area contributed by atoms with Gasteiger partial charge in [-0.2, -0.15) is 5.10 Å². The van der Waals surface area contributed by atoms with E-state index < -0.39 is 34.7 Å². The number of hydrogen-bond donors (Lipinski definition) is 0. The first-order valence-corrected chi connectivity index (χ1v) is 10.1. The van der Waals surface area contributed by atoms with E-state index in [9.17, 15) is 24.5 Å². The van der Waals surface area contributed by atoms with Crippen molar-refractivity contribution in [2.75, 3.05) is 16.5 Å². The van der Waals surface area contributed by atoms with Crippen LogP contribution in [0, 0.1) is 16.0 Å². The van der Waals surface area contributed by atoms with E-state index in [4.69, 9.17) is 4.74 Å². The van der Waals surface area contributed by atoms with E-state index >= 15 is 0 Å². The molecule has 0 saturated carbocycles. The molecule has 0 N–H and O–H groups in total. The minimum Gasteiger partial charge on any atom is -0.461 e. The molecule has 2 amide bonds. The lowest BCUT2D eigenvalue weighted by Gasteiger charge is -2.22. The van der Waals surface area contributed by atoms with Gasteiger partial charge in [-0.05, 0) is 43.3 Å². The number of imide groups is 1. The molecule has 0 aliphatic carbocycles. The summed E-state index contributed by atoms with van der Waals surface area (Å²) in [6.45, 7) is 1.69. The molecule has 158 valence electrons. The highest BCUT2D eigenvalue weighted by Gasteiger charge is 2.59. The fraction of sp³-hybridized carbons (Fsp3) is 0.200. The standard InChI is InChI=1S/C20H15BrN4O6/c1-2-31-20(28)16-15-17(24(22-16)13-7-9-14(10-8-13)25(29)30)19(27)23(18(15)26)12-5-3-11(21)4-6-12/h3-10,15,17H,2H2,1H3. The van der Waals surface area contributed by atoms with Gasteiger partial charge < -0.3 is 4.74 Å². The van der Waals surface area contributed by atoms with Crippen molar-refractivity contribution in [2.45, 2.75) is 13.0 Å². The van der Waals surface area contributed by atoms with Crippen LogP contribution in [0.3, 0.4) is 0 Å². The molecular formula is C20H15BrN4O6. The number of hydrazone groups is 1. The summed E-state index contributed by atoms with van der Waals surface area (Å²) >= 11 is 3.31. The Hall–Kier alpha value is -3.60. The van der Waals surface area contributed by atoms with Crippen LogP contribution in [0.25, 0.3) is 0 Å². The van der Waals surface area contributed by atoms with E-state index in [2.05, 4.69) is 21.0 Å². The summed E-state index contributed by atoms with van der Waals surface area (Å²) in [5, 5.41) is 16.4. The predicted octanol–water partition coefficient (Wildman–Crippen LogP) is 2.65. The molecule has 0 radical (unpaired) electrons. The van der Waals surface area contributed by atoms with Gasteiger partial charge in [-0.1, -0.05) is 15.9 Å². The van der Waals surface area contributed by atoms with Crippen LogP contribution in [0.2, 0.25) is 0 Å². The highest BCUT2D eigenvalue weighted by atomic mass is 79.9. The number of fused-ring (bicyclic) bond motifs is 1. The van der Waals surface area contributed by atoms with Gasteiger partial charge in [-0.15, -0.1) is 0 Å². The van der Waals surface area contributed by atoms with Gasteiger partial charge in [-0.3, -0.25) is 24.7 Å². The number of non-ortho nitro benzene ring substituents is 1. The van der Waals surface area contributed by atoms with E-state index in [0.29, 0.717) is 11.4 Å². The predicted molar refractivity (Wildman–Crippen MR) is 114 cm³/mol. The third-order valence-electron chi connectivity index (χ3n) is 4.94. The second kappa shape index (κ2) is 7.91. The van der Waals surface area contributed by atoms with Crippen molar-refractivity contribution in [1.82, 2.24) is 0 Å². The fourth-order valence-corrected chi connectivity index (χ4v) is 3.84. The Kier molecular flexibility index (Phi) is 5.27. The van der Waals surface area contributed by atoms with Crippen LogP contribution in [0.5, 0.6) is 0 Å². The van der Waals surface area contributed by atoms with Crippen molar-refractivity contribution < 1.29 is 24.0 Å². The van der Waals surface area contributed by atoms with Crippen molar-refractivity contribution in [3.63, 3.8) is 0 Å². The summed E-state index contributed by atoms with van der Waals surface area (Å²) in [6.07, 6.45) is 0. The van der Waals surface area contributed by atoms with Crippen molar-refractivity contribution in [2.24, 2.45) is 11.0 Å². The number of ether oxygens (including phenoxy) is 1. The molecule has 2 atom stereocenters. The number of hydrogen-bond acceptors (Lipinski definition) is 8. The molecule has 4 rings (SSSR count). The Labute approximate surface area is 184 Å². The highest BCUT2D eigenvalue weighted by Crippen LogP contribution is 2.38. The lowest BCUT2D eigenvalue weighted by molar-refractivity contribution is -0.384. The van der Waals surface area contributed by atoms with Crippen LogP contribution in [0.1, 0.15) is 6.92 Å². The molecular weight excluding hydrogens is 472 g/mol. The molecule has 2 aliphatic heterocycles. The number of carbonyl (C=O) groups is 3. The molecule has 0 spiro atoms. The lowest BCUT2D eigenvalue weighted by atomic mass is 9.97. The molecule has 2 aliphatic rings. The minimum atomic E-state index is -1.15. The van der Waals surface area contributed by atoms with Crippen LogP contribution in [0.15, 0.2) is 58.1 Å². The number of amides is 2. The van der Waals surface area contributed by atoms with Crippen molar-refractivity contribution >= 4 is 56.5 Å². The zero-order valence-electron chi connectivity index (χ0n) is 16.1. The van der Waals surface area contributed by atoms with E-state index in [-0.39, 0.29) is 18.0 Å². The number of nitrogens with zero attached hydrogens (tertiary/aromatic N) is 4. The van der Waals surface area contributed by atoms with Crippen molar-refractivity contribution in [1.29, 1.82) is 0 Å². The van der Waals surface area contributed by atoms with E-state index in [1.165, 1.54) is 29.3 Å². The monoisotopic (exact) mass is 486 g/mol. The molecule has 0 aromatic heterocycles. The van der Waals surface area contributed by atoms with Gasteiger partial charge in [0.1, 0.15) is 12.0 Å². The molecule has 11 heteroatoms. The lowest BCUT2D eigenvalue weighted by Crippen LogP contribution is -2.39. The minimum absolute atomic E-state index is 0.0747. The van der Waals surface area contributed by atoms with Crippen molar-refractivity contribution in [3.8, 4) is 0 Å². The molecule has 2 aromatic rings. The maximum absolute atomic E-state index is 13.3. The van der Waals surface area contributed by atoms with E-state index in [1.807, 2.05) is 0 Å². The van der Waals surface area contributed by atoms with Crippen LogP contribution >= 0.6 is 15.9 Å². The topological polar surface area (TPSA) is 122 Å². The zero-order chi connectivity index (χ0) is 22.3. The maximum atomic E-state index is 13.3. The van der Waals surface area contributed by atoms with Gasteiger partial charge in [0.2, 0.25) is 5.91 Å². The molecule has 1 fully saturated rings. The molecule has 31 heavy (non-hydrogen) atoms. The first-order valence-electron chi connectivity index (χ1n) is 9.26. The summed E-state index contributed by atoms with van der Waals surface area (Å²) in [5.41, 5.74) is 0.376. The van der Waals surface area contributed by atoms with Gasteiger partial charge in [0.15, 0.2) is 5.71 Å². The second-order valence-electron chi connectivity index (χ2n) is 6.73. The Morgan fingerprint density at radius 1 is 1.10 bits per heavy atom. The van der Waals surface area contributed by atoms with E-state index in [0.717, 1.165) is 9.37 Å². The first kappa shape index (κ1) is 20.7. The summed E-state index contributed by atoms with van der Waals surface area (Å²) in [6, 6.07) is 10.8. The van der Waals surface area contributed by atoms with Crippen LogP contribution in [-0.2, 0) is 19.1 Å². The SMILES string of the molecule is CCOC(=O)C1=NN(c2ccc([N+](=O)[O-])cc2)C2C(=O)N(c3ccc(Br)cc3)C(=O)C12. The molecule has 0 bridgehead atoms. The zero-order valence-corrected chi connectivity index (χ0v) is 17.7. The van der Waals surface area contributed by atoms with Gasteiger partial charge in [0, 0.05) is 16.6 Å². The molecule has 2 aromatic carbocycles. The van der Waals surface area contributed by atoms with E-state index in [1.54, 1.807) is 31.2 Å². The Balaban J connectivity index is 1.77. The molecule has 2 unspecified atom stereocenters. The second-order valence-corrected chi connectivity index (χ2v) is 7.65. The third-order valence-corrected chi connectivity index (χ3v) is 5.47. The Morgan fingerprint density at radius 2 is 1.71 bits per heavy atom. The highest BCUT2D eigenvalue weighted by molar-refractivity contribution is 9.10. The van der Waals surface area contributed by atoms with Crippen molar-refractivity contribution in [3.05, 3.63) is 63.1 Å². The normalized spacial score (nSPS) is 20.0. The largest absolute Gasteiger partial charge is 0.461 e. The van der Waals surface area contributed by atoms with Gasteiger partial charge >= 0.3 is 5.97 Å². The number of benzene rings is 2. The number of carbonyl (C=O) groups excluding carboxylic acids is 3. The molecule has 2 heterocycles.